The maximum atomic E-state index is 2.40. The van der Waals surface area contributed by atoms with Gasteiger partial charge in [-0.1, -0.05) is 91.0 Å². The van der Waals surface area contributed by atoms with Crippen molar-refractivity contribution in [2.45, 2.75) is 6.92 Å². The predicted octanol–water partition coefficient (Wildman–Crippen LogP) is 9.07. The third-order valence-corrected chi connectivity index (χ3v) is 7.09. The van der Waals surface area contributed by atoms with E-state index in [2.05, 4.69) is 133 Å². The highest BCUT2D eigenvalue weighted by Crippen LogP contribution is 2.36. The lowest BCUT2D eigenvalue weighted by molar-refractivity contribution is 1.18. The Balaban J connectivity index is 1.47. The Hall–Kier alpha value is -4.36. The predicted molar refractivity (Wildman–Crippen MR) is 146 cm³/mol. The van der Waals surface area contributed by atoms with Crippen LogP contribution < -0.4 is 0 Å². The van der Waals surface area contributed by atoms with E-state index in [1.165, 1.54) is 65.7 Å². The van der Waals surface area contributed by atoms with Gasteiger partial charge in [-0.25, -0.2) is 0 Å². The first-order valence-corrected chi connectivity index (χ1v) is 11.8. The lowest BCUT2D eigenvalue weighted by atomic mass is 9.94. The van der Waals surface area contributed by atoms with Crippen molar-refractivity contribution in [3.8, 4) is 16.8 Å². The maximum absolute atomic E-state index is 2.40. The van der Waals surface area contributed by atoms with Crippen molar-refractivity contribution in [2.24, 2.45) is 0 Å². The summed E-state index contributed by atoms with van der Waals surface area (Å²) >= 11 is 0. The van der Waals surface area contributed by atoms with Crippen LogP contribution in [-0.4, -0.2) is 4.57 Å². The summed E-state index contributed by atoms with van der Waals surface area (Å²) in [4.78, 5) is 0. The first kappa shape index (κ1) is 19.1. The Morgan fingerprint density at radius 1 is 0.471 bits per heavy atom. The second-order valence-electron chi connectivity index (χ2n) is 9.09. The van der Waals surface area contributed by atoms with E-state index in [-0.39, 0.29) is 0 Å². The van der Waals surface area contributed by atoms with Gasteiger partial charge in [-0.15, -0.1) is 0 Å². The lowest BCUT2D eigenvalue weighted by Gasteiger charge is -2.13. The second kappa shape index (κ2) is 7.33. The molecule has 0 saturated heterocycles. The Labute approximate surface area is 198 Å². The first-order valence-electron chi connectivity index (χ1n) is 11.8. The highest BCUT2D eigenvalue weighted by molar-refractivity contribution is 6.13. The summed E-state index contributed by atoms with van der Waals surface area (Å²) in [5.41, 5.74) is 7.54. The van der Waals surface area contributed by atoms with Gasteiger partial charge < -0.3 is 4.57 Å². The number of nitrogens with zero attached hydrogens (tertiary/aromatic N) is 1. The Morgan fingerprint density at radius 3 is 1.91 bits per heavy atom. The average molecular weight is 434 g/mol. The summed E-state index contributed by atoms with van der Waals surface area (Å²) in [5, 5.41) is 7.71. The Kier molecular flexibility index (Phi) is 4.13. The number of hydrogen-bond acceptors (Lipinski definition) is 0. The first-order chi connectivity index (χ1) is 16.8. The standard InChI is InChI=1S/C33H23N/c1-22-14-15-23-8-4-5-11-28(23)33(22)24-16-18-27(19-17-24)34-31-13-7-6-12-29(31)30-20-25-9-2-3-10-26(25)21-32(30)34/h2-21H,1H3. The normalized spacial score (nSPS) is 11.7. The minimum absolute atomic E-state index is 1.18. The molecule has 0 spiro atoms. The minimum atomic E-state index is 1.18. The molecular weight excluding hydrogens is 410 g/mol. The summed E-state index contributed by atoms with van der Waals surface area (Å²) in [6, 6.07) is 44.1. The molecule has 1 heterocycles. The monoisotopic (exact) mass is 433 g/mol. The van der Waals surface area contributed by atoms with E-state index in [0.717, 1.165) is 0 Å². The largest absolute Gasteiger partial charge is 0.309 e. The molecule has 1 heteroatoms. The van der Waals surface area contributed by atoms with E-state index < -0.39 is 0 Å². The molecule has 0 atom stereocenters. The van der Waals surface area contributed by atoms with Crippen LogP contribution in [0.2, 0.25) is 0 Å². The van der Waals surface area contributed by atoms with Gasteiger partial charge in [-0.2, -0.15) is 0 Å². The minimum Gasteiger partial charge on any atom is -0.309 e. The second-order valence-corrected chi connectivity index (χ2v) is 9.09. The van der Waals surface area contributed by atoms with Crippen LogP contribution >= 0.6 is 0 Å². The number of aryl methyl sites for hydroxylation is 1. The summed E-state index contributed by atoms with van der Waals surface area (Å²) in [6.07, 6.45) is 0. The van der Waals surface area contributed by atoms with E-state index >= 15 is 0 Å². The van der Waals surface area contributed by atoms with Crippen LogP contribution in [-0.2, 0) is 0 Å². The summed E-state index contributed by atoms with van der Waals surface area (Å²) in [7, 11) is 0. The fourth-order valence-electron chi connectivity index (χ4n) is 5.47. The fraction of sp³-hybridized carbons (Fsp3) is 0.0303. The molecule has 0 aliphatic heterocycles. The van der Waals surface area contributed by atoms with Crippen LogP contribution in [0, 0.1) is 6.92 Å². The van der Waals surface area contributed by atoms with E-state index in [9.17, 15) is 0 Å². The molecule has 0 aliphatic carbocycles. The number of hydrogen-bond donors (Lipinski definition) is 0. The van der Waals surface area contributed by atoms with Crippen molar-refractivity contribution < 1.29 is 0 Å². The van der Waals surface area contributed by atoms with Crippen LogP contribution in [0.3, 0.4) is 0 Å². The van der Waals surface area contributed by atoms with E-state index in [1.807, 2.05) is 0 Å². The van der Waals surface area contributed by atoms with E-state index in [1.54, 1.807) is 0 Å². The topological polar surface area (TPSA) is 4.93 Å². The van der Waals surface area contributed by atoms with Crippen molar-refractivity contribution in [1.82, 2.24) is 4.57 Å². The number of rotatable bonds is 2. The van der Waals surface area contributed by atoms with Gasteiger partial charge in [0.25, 0.3) is 0 Å². The van der Waals surface area contributed by atoms with Gasteiger partial charge in [0.1, 0.15) is 0 Å². The average Bonchev–Trinajstić information content (AvgIpc) is 3.21. The number of benzene rings is 6. The molecule has 0 radical (unpaired) electrons. The van der Waals surface area contributed by atoms with Gasteiger partial charge in [0.15, 0.2) is 0 Å². The zero-order valence-corrected chi connectivity index (χ0v) is 19.0. The zero-order chi connectivity index (χ0) is 22.6. The highest BCUT2D eigenvalue weighted by atomic mass is 15.0. The summed E-state index contributed by atoms with van der Waals surface area (Å²) in [5.74, 6) is 0. The third-order valence-electron chi connectivity index (χ3n) is 7.09. The molecule has 1 nitrogen and oxygen atoms in total. The smallest absolute Gasteiger partial charge is 0.0547 e. The van der Waals surface area contributed by atoms with Gasteiger partial charge in [-0.3, -0.25) is 0 Å². The van der Waals surface area contributed by atoms with Crippen molar-refractivity contribution in [2.75, 3.05) is 0 Å². The maximum Gasteiger partial charge on any atom is 0.0547 e. The molecule has 7 aromatic rings. The van der Waals surface area contributed by atoms with Gasteiger partial charge in [0, 0.05) is 16.5 Å². The molecule has 160 valence electrons. The molecule has 34 heavy (non-hydrogen) atoms. The highest BCUT2D eigenvalue weighted by Gasteiger charge is 2.14. The summed E-state index contributed by atoms with van der Waals surface area (Å²) < 4.78 is 2.40. The molecule has 7 rings (SSSR count). The third kappa shape index (κ3) is 2.80. The van der Waals surface area contributed by atoms with Crippen LogP contribution in [0.25, 0.3) is 60.2 Å². The number of para-hydroxylation sites is 1. The van der Waals surface area contributed by atoms with Gasteiger partial charge >= 0.3 is 0 Å². The molecule has 0 fully saturated rings. The lowest BCUT2D eigenvalue weighted by Crippen LogP contribution is -1.94. The molecular formula is C33H23N. The molecule has 6 aromatic carbocycles. The van der Waals surface area contributed by atoms with Gasteiger partial charge in [-0.05, 0) is 75.5 Å². The van der Waals surface area contributed by atoms with Crippen LogP contribution in [0.15, 0.2) is 121 Å². The summed E-state index contributed by atoms with van der Waals surface area (Å²) in [6.45, 7) is 2.20. The molecule has 0 bridgehead atoms. The molecule has 0 unspecified atom stereocenters. The van der Waals surface area contributed by atoms with Gasteiger partial charge in [0.05, 0.1) is 11.0 Å². The van der Waals surface area contributed by atoms with Crippen molar-refractivity contribution in [1.29, 1.82) is 0 Å². The fourth-order valence-corrected chi connectivity index (χ4v) is 5.47. The Bertz CT molecular complexity index is 1850. The van der Waals surface area contributed by atoms with E-state index in [4.69, 9.17) is 0 Å². The van der Waals surface area contributed by atoms with Crippen LogP contribution in [0.5, 0.6) is 0 Å². The zero-order valence-electron chi connectivity index (χ0n) is 19.0. The molecule has 0 aliphatic rings. The van der Waals surface area contributed by atoms with Gasteiger partial charge in [0.2, 0.25) is 0 Å². The Morgan fingerprint density at radius 2 is 1.12 bits per heavy atom. The number of fused-ring (bicyclic) bond motifs is 5. The van der Waals surface area contributed by atoms with Crippen molar-refractivity contribution >= 4 is 43.4 Å². The molecule has 0 N–H and O–H groups in total. The molecule has 0 saturated carbocycles. The van der Waals surface area contributed by atoms with E-state index in [0.29, 0.717) is 0 Å². The number of aromatic nitrogens is 1. The SMILES string of the molecule is Cc1ccc2ccccc2c1-c1ccc(-n2c3ccccc3c3cc4ccccc4cc32)cc1. The van der Waals surface area contributed by atoms with Crippen LogP contribution in [0.1, 0.15) is 5.56 Å². The quantitative estimate of drug-likeness (QED) is 0.256. The van der Waals surface area contributed by atoms with Crippen molar-refractivity contribution in [3.63, 3.8) is 0 Å². The molecule has 0 amide bonds. The molecule has 1 aromatic heterocycles. The van der Waals surface area contributed by atoms with Crippen molar-refractivity contribution in [3.05, 3.63) is 127 Å². The van der Waals surface area contributed by atoms with Crippen LogP contribution in [0.4, 0.5) is 0 Å².